The number of nitrogens with zero attached hydrogens (tertiary/aromatic N) is 12. The molecular formula is C18H20Ag2Cl2N12O8. The van der Waals surface area contributed by atoms with Crippen LogP contribution in [0, 0.1) is 65.8 Å². The van der Waals surface area contributed by atoms with Crippen LogP contribution in [-0.2, 0) is 44.8 Å². The van der Waals surface area contributed by atoms with Gasteiger partial charge in [-0.3, -0.25) is 5.10 Å². The normalized spacial score (nSPS) is 8.00. The fourth-order valence-electron chi connectivity index (χ4n) is 1.34. The maximum Gasteiger partial charge on any atom is 1.00 e. The molecule has 0 aliphatic carbocycles. The first-order chi connectivity index (χ1) is 18.6. The minimum atomic E-state index is -4.94. The Bertz CT molecular complexity index is 1130. The zero-order chi connectivity index (χ0) is 32.0. The Balaban J connectivity index is -0.0000000925. The number of nitriles is 4. The molecule has 0 bridgehead atoms. The fraction of sp³-hybridized carbons (Fsp3) is 0.222. The summed E-state index contributed by atoms with van der Waals surface area (Å²) in [5.41, 5.74) is 0. The van der Waals surface area contributed by atoms with Crippen LogP contribution >= 0.6 is 0 Å². The van der Waals surface area contributed by atoms with Gasteiger partial charge < -0.3 is 0 Å². The van der Waals surface area contributed by atoms with Crippen molar-refractivity contribution in [3.8, 4) is 24.3 Å². The van der Waals surface area contributed by atoms with Gasteiger partial charge in [-0.15, -0.1) is 20.5 Å². The van der Waals surface area contributed by atoms with Gasteiger partial charge in [0.05, 0.1) is 30.5 Å². The summed E-state index contributed by atoms with van der Waals surface area (Å²) in [7, 11) is -9.89. The van der Waals surface area contributed by atoms with Crippen molar-refractivity contribution in [1.29, 1.82) is 21.0 Å². The summed E-state index contributed by atoms with van der Waals surface area (Å²) in [5.74, 6) is 1.27. The van der Waals surface area contributed by atoms with Gasteiger partial charge in [0, 0.05) is 46.2 Å². The Kier molecular flexibility index (Phi) is 41.7. The van der Waals surface area contributed by atoms with E-state index in [1.54, 1.807) is 58.1 Å². The third-order valence-corrected chi connectivity index (χ3v) is 2.11. The minimum absolute atomic E-state index is 0. The van der Waals surface area contributed by atoms with Gasteiger partial charge >= 0.3 is 50.5 Å². The molecule has 0 atom stereocenters. The van der Waals surface area contributed by atoms with Gasteiger partial charge in [-0.05, 0) is 6.07 Å². The third kappa shape index (κ3) is 49.7. The quantitative estimate of drug-likeness (QED) is 0.117. The molecule has 0 radical (unpaired) electrons. The van der Waals surface area contributed by atoms with Crippen LogP contribution in [0.25, 0.3) is 11.6 Å². The van der Waals surface area contributed by atoms with Crippen LogP contribution in [0.2, 0.25) is 0 Å². The van der Waals surface area contributed by atoms with E-state index in [2.05, 4.69) is 30.1 Å². The average molecular weight is 819 g/mol. The van der Waals surface area contributed by atoms with Crippen molar-refractivity contribution in [2.45, 2.75) is 27.7 Å². The van der Waals surface area contributed by atoms with E-state index in [0.717, 1.165) is 0 Å². The molecule has 0 aliphatic heterocycles. The van der Waals surface area contributed by atoms with Crippen LogP contribution in [0.15, 0.2) is 49.6 Å². The molecule has 0 spiro atoms. The molecule has 0 fully saturated rings. The van der Waals surface area contributed by atoms with Crippen molar-refractivity contribution in [2.75, 3.05) is 0 Å². The third-order valence-electron chi connectivity index (χ3n) is 2.11. The van der Waals surface area contributed by atoms with Crippen molar-refractivity contribution in [1.82, 2.24) is 30.1 Å². The zero-order valence-corrected chi connectivity index (χ0v) is 26.1. The molecule has 0 aromatic carbocycles. The molecule has 0 saturated heterocycles. The van der Waals surface area contributed by atoms with Crippen LogP contribution in [0.3, 0.4) is 0 Å². The molecule has 0 unspecified atom stereocenters. The Hall–Kier alpha value is -3.20. The summed E-state index contributed by atoms with van der Waals surface area (Å²) in [5, 5.41) is 37.0. The SMILES string of the molecule is CC#N.CC#N.CC#N.CC#N.[Ag+].[Ag+].[O-][Cl+3]([O-])([O-])[O-].[O-][Cl+3]([O-])([O-])[O-].c1cnc2[n-]cn[n+]2c1.c1cnc2nc[n-][n+]2c1. The Morgan fingerprint density at radius 2 is 1.05 bits per heavy atom. The molecule has 0 amide bonds. The van der Waals surface area contributed by atoms with E-state index >= 15 is 0 Å². The fourth-order valence-corrected chi connectivity index (χ4v) is 1.34. The van der Waals surface area contributed by atoms with Gasteiger partial charge in [-0.25, -0.2) is 46.8 Å². The molecule has 236 valence electrons. The van der Waals surface area contributed by atoms with Crippen LogP contribution < -0.4 is 56.4 Å². The first-order valence-electron chi connectivity index (χ1n) is 9.27. The van der Waals surface area contributed by atoms with Crippen LogP contribution in [0.4, 0.5) is 0 Å². The van der Waals surface area contributed by atoms with E-state index in [0.29, 0.717) is 11.6 Å². The predicted octanol–water partition coefficient (Wildman–Crippen LogP) is -9.05. The molecule has 4 rings (SSSR count). The van der Waals surface area contributed by atoms with Gasteiger partial charge in [0.1, 0.15) is 18.9 Å². The van der Waals surface area contributed by atoms with Crippen molar-refractivity contribution in [3.05, 3.63) is 49.6 Å². The van der Waals surface area contributed by atoms with Crippen molar-refractivity contribution >= 4 is 11.6 Å². The Morgan fingerprint density at radius 1 is 0.667 bits per heavy atom. The molecule has 42 heavy (non-hydrogen) atoms. The second-order valence-corrected chi connectivity index (χ2v) is 6.41. The summed E-state index contributed by atoms with van der Waals surface area (Å²) < 4.78 is 71.2. The summed E-state index contributed by atoms with van der Waals surface area (Å²) in [4.78, 5) is 15.6. The summed E-state index contributed by atoms with van der Waals surface area (Å²) in [6.07, 6.45) is 9.92. The second-order valence-electron chi connectivity index (χ2n) is 4.90. The molecule has 0 aliphatic rings. The van der Waals surface area contributed by atoms with E-state index in [1.165, 1.54) is 40.3 Å². The molecule has 24 heteroatoms. The largest absolute Gasteiger partial charge is 1.00 e. The molecule has 0 N–H and O–H groups in total. The summed E-state index contributed by atoms with van der Waals surface area (Å²) in [6, 6.07) is 10.6. The average Bonchev–Trinajstić information content (AvgIpc) is 3.49. The molecule has 20 nitrogen and oxygen atoms in total. The van der Waals surface area contributed by atoms with Crippen molar-refractivity contribution in [3.63, 3.8) is 0 Å². The van der Waals surface area contributed by atoms with Crippen LogP contribution in [0.5, 0.6) is 0 Å². The molecular weight excluding hydrogens is 799 g/mol. The number of fused-ring (bicyclic) bond motifs is 2. The molecule has 4 aromatic rings. The molecule has 0 saturated carbocycles. The Labute approximate surface area is 274 Å². The zero-order valence-electron chi connectivity index (χ0n) is 21.6. The maximum atomic E-state index is 8.49. The number of halogens is 2. The van der Waals surface area contributed by atoms with E-state index in [-0.39, 0.29) is 44.8 Å². The summed E-state index contributed by atoms with van der Waals surface area (Å²) >= 11 is 0. The number of hydrogen-bond acceptors (Lipinski definition) is 16. The maximum absolute atomic E-state index is 8.49. The van der Waals surface area contributed by atoms with Gasteiger partial charge in [-0.1, -0.05) is 9.97 Å². The first kappa shape index (κ1) is 51.5. The summed E-state index contributed by atoms with van der Waals surface area (Å²) in [6.45, 7) is 5.72. The van der Waals surface area contributed by atoms with Gasteiger partial charge in [0.25, 0.3) is 5.78 Å². The second kappa shape index (κ2) is 34.0. The van der Waals surface area contributed by atoms with Gasteiger partial charge in [0.15, 0.2) is 0 Å². The number of aromatic nitrogens is 8. The van der Waals surface area contributed by atoms with Crippen molar-refractivity contribution < 1.29 is 112 Å². The van der Waals surface area contributed by atoms with Gasteiger partial charge in [0.2, 0.25) is 0 Å². The monoisotopic (exact) mass is 816 g/mol. The topological polar surface area (TPSA) is 368 Å². The van der Waals surface area contributed by atoms with Crippen LogP contribution in [-0.4, -0.2) is 20.1 Å². The van der Waals surface area contributed by atoms with E-state index in [1.807, 2.05) is 12.1 Å². The van der Waals surface area contributed by atoms with E-state index in [9.17, 15) is 0 Å². The van der Waals surface area contributed by atoms with Crippen LogP contribution in [0.1, 0.15) is 27.7 Å². The standard InChI is InChI=1S/2C5H4N4.4C2H3N.2Ag.2ClHO4/c2*1-2-6-5-7-4-8-9(5)3-1;4*1-2-3;;;2*2-1(3,4)5/h2*1-4H;4*1H3;;;2*(H,2,3,4,5)/q;;;;;;2*+1;;/p-2. The molecule has 4 heterocycles. The molecule has 4 aromatic heterocycles. The van der Waals surface area contributed by atoms with E-state index < -0.39 is 20.5 Å². The van der Waals surface area contributed by atoms with Crippen molar-refractivity contribution in [2.24, 2.45) is 0 Å². The van der Waals surface area contributed by atoms with Gasteiger partial charge in [-0.2, -0.15) is 35.6 Å². The Morgan fingerprint density at radius 3 is 1.43 bits per heavy atom. The minimum Gasteiger partial charge on any atom is -0.273 e. The number of rotatable bonds is 0. The van der Waals surface area contributed by atoms with E-state index in [4.69, 9.17) is 58.3 Å². The predicted molar refractivity (Wildman–Crippen MR) is 102 cm³/mol. The first-order valence-corrected chi connectivity index (χ1v) is 11.7. The smallest absolute Gasteiger partial charge is 0.273 e. The number of hydrogen-bond donors (Lipinski definition) is 0.